The number of nitrogens with one attached hydrogen (secondary N) is 1. The van der Waals surface area contributed by atoms with Gasteiger partial charge in [0.2, 0.25) is 5.91 Å². The normalized spacial score (nSPS) is 14.2. The Morgan fingerprint density at radius 2 is 1.81 bits per heavy atom. The highest BCUT2D eigenvalue weighted by Crippen LogP contribution is 2.28. The molecule has 2 aromatic rings. The molecule has 1 aliphatic rings. The van der Waals surface area contributed by atoms with Crippen molar-refractivity contribution in [1.82, 2.24) is 5.32 Å². The zero-order valence-corrected chi connectivity index (χ0v) is 15.0. The van der Waals surface area contributed by atoms with E-state index in [0.29, 0.717) is 18.5 Å². The fourth-order valence-electron chi connectivity index (χ4n) is 3.29. The van der Waals surface area contributed by atoms with Gasteiger partial charge in [0.15, 0.2) is 0 Å². The molecule has 26 heavy (non-hydrogen) atoms. The van der Waals surface area contributed by atoms with Crippen LogP contribution in [0.2, 0.25) is 0 Å². The van der Waals surface area contributed by atoms with Crippen molar-refractivity contribution in [3.05, 3.63) is 65.5 Å². The second-order valence-corrected chi connectivity index (χ2v) is 7.03. The zero-order valence-electron chi connectivity index (χ0n) is 15.0. The van der Waals surface area contributed by atoms with E-state index in [1.54, 1.807) is 4.90 Å². The number of anilines is 1. The summed E-state index contributed by atoms with van der Waals surface area (Å²) in [7, 11) is 0. The topological polar surface area (TPSA) is 49.4 Å². The lowest BCUT2D eigenvalue weighted by molar-refractivity contribution is -0.120. The van der Waals surface area contributed by atoms with Crippen molar-refractivity contribution in [2.75, 3.05) is 11.4 Å². The van der Waals surface area contributed by atoms with E-state index in [2.05, 4.69) is 5.32 Å². The lowest BCUT2D eigenvalue weighted by atomic mass is 10.0. The van der Waals surface area contributed by atoms with Crippen LogP contribution in [0.3, 0.4) is 0 Å². The van der Waals surface area contributed by atoms with Gasteiger partial charge in [-0.05, 0) is 54.7 Å². The van der Waals surface area contributed by atoms with Gasteiger partial charge in [-0.2, -0.15) is 0 Å². The van der Waals surface area contributed by atoms with E-state index in [-0.39, 0.29) is 17.7 Å². The summed E-state index contributed by atoms with van der Waals surface area (Å²) >= 11 is 0. The van der Waals surface area contributed by atoms with Crippen molar-refractivity contribution >= 4 is 17.5 Å². The molecule has 1 N–H and O–H groups in total. The molecule has 1 atom stereocenters. The van der Waals surface area contributed by atoms with Crippen LogP contribution in [0.4, 0.5) is 10.1 Å². The van der Waals surface area contributed by atoms with Gasteiger partial charge >= 0.3 is 0 Å². The maximum atomic E-state index is 13.1. The molecule has 3 rings (SSSR count). The number of para-hydroxylation sites is 1. The molecule has 0 radical (unpaired) electrons. The third-order valence-electron chi connectivity index (χ3n) is 4.57. The highest BCUT2D eigenvalue weighted by molar-refractivity contribution is 6.03. The van der Waals surface area contributed by atoms with E-state index in [4.69, 9.17) is 0 Å². The van der Waals surface area contributed by atoms with Crippen molar-refractivity contribution in [3.8, 4) is 0 Å². The average Bonchev–Trinajstić information content (AvgIpc) is 3.04. The molecule has 0 unspecified atom stereocenters. The van der Waals surface area contributed by atoms with Gasteiger partial charge in [0, 0.05) is 17.8 Å². The van der Waals surface area contributed by atoms with Crippen LogP contribution in [0, 0.1) is 11.7 Å². The van der Waals surface area contributed by atoms with Crippen LogP contribution in [-0.2, 0) is 11.2 Å². The van der Waals surface area contributed by atoms with Gasteiger partial charge in [-0.25, -0.2) is 4.39 Å². The minimum Gasteiger partial charge on any atom is -0.340 e. The Morgan fingerprint density at radius 1 is 1.12 bits per heavy atom. The summed E-state index contributed by atoms with van der Waals surface area (Å²) in [6.07, 6.45) is 1.37. The first-order valence-corrected chi connectivity index (χ1v) is 8.91. The summed E-state index contributed by atoms with van der Waals surface area (Å²) in [6, 6.07) is 12.6. The van der Waals surface area contributed by atoms with E-state index in [1.807, 2.05) is 38.1 Å². The SMILES string of the molecule is CC(C)C[C@@H](NC(=O)c1ccc(F)cc1)C(=O)N1CCc2ccccc21. The second kappa shape index (κ2) is 7.68. The Labute approximate surface area is 153 Å². The minimum absolute atomic E-state index is 0.0980. The van der Waals surface area contributed by atoms with Gasteiger partial charge in [0.05, 0.1) is 0 Å². The summed E-state index contributed by atoms with van der Waals surface area (Å²) in [5, 5.41) is 2.84. The van der Waals surface area contributed by atoms with Crippen molar-refractivity contribution in [2.24, 2.45) is 5.92 Å². The maximum absolute atomic E-state index is 13.1. The second-order valence-electron chi connectivity index (χ2n) is 7.03. The molecule has 1 heterocycles. The quantitative estimate of drug-likeness (QED) is 0.892. The number of halogens is 1. The molecule has 5 heteroatoms. The lowest BCUT2D eigenvalue weighted by Crippen LogP contribution is -2.49. The highest BCUT2D eigenvalue weighted by atomic mass is 19.1. The van der Waals surface area contributed by atoms with Crippen LogP contribution in [0.25, 0.3) is 0 Å². The molecule has 0 aliphatic carbocycles. The van der Waals surface area contributed by atoms with Crippen LogP contribution in [0.5, 0.6) is 0 Å². The van der Waals surface area contributed by atoms with Gasteiger partial charge in [-0.1, -0.05) is 32.0 Å². The first-order chi connectivity index (χ1) is 12.5. The molecule has 0 bridgehead atoms. The number of hydrogen-bond donors (Lipinski definition) is 1. The molecule has 2 aromatic carbocycles. The van der Waals surface area contributed by atoms with Crippen LogP contribution in [-0.4, -0.2) is 24.4 Å². The van der Waals surface area contributed by atoms with Gasteiger partial charge in [-0.15, -0.1) is 0 Å². The van der Waals surface area contributed by atoms with Gasteiger partial charge in [-0.3, -0.25) is 9.59 Å². The van der Waals surface area contributed by atoms with Crippen molar-refractivity contribution in [1.29, 1.82) is 0 Å². The van der Waals surface area contributed by atoms with Gasteiger partial charge < -0.3 is 10.2 Å². The smallest absolute Gasteiger partial charge is 0.251 e. The lowest BCUT2D eigenvalue weighted by Gasteiger charge is -2.26. The minimum atomic E-state index is -0.612. The molecule has 0 fully saturated rings. The average molecular weight is 354 g/mol. The number of rotatable bonds is 5. The third-order valence-corrected chi connectivity index (χ3v) is 4.57. The number of amides is 2. The molecular formula is C21H23FN2O2. The summed E-state index contributed by atoms with van der Waals surface area (Å²) in [5.41, 5.74) is 2.41. The number of carbonyl (C=O) groups excluding carboxylic acids is 2. The molecule has 0 saturated heterocycles. The van der Waals surface area contributed by atoms with Crippen LogP contribution in [0.1, 0.15) is 36.2 Å². The summed E-state index contributed by atoms with van der Waals surface area (Å²) in [5.74, 6) is -0.615. The van der Waals surface area contributed by atoms with E-state index < -0.39 is 11.9 Å². The molecule has 4 nitrogen and oxygen atoms in total. The fourth-order valence-corrected chi connectivity index (χ4v) is 3.29. The number of nitrogens with zero attached hydrogens (tertiary/aromatic N) is 1. The Bertz CT molecular complexity index is 802. The molecule has 0 spiro atoms. The zero-order chi connectivity index (χ0) is 18.7. The first-order valence-electron chi connectivity index (χ1n) is 8.91. The summed E-state index contributed by atoms with van der Waals surface area (Å²) in [6.45, 7) is 4.66. The monoisotopic (exact) mass is 354 g/mol. The van der Waals surface area contributed by atoms with E-state index in [9.17, 15) is 14.0 Å². The van der Waals surface area contributed by atoms with E-state index in [1.165, 1.54) is 24.3 Å². The standard InChI is InChI=1S/C21H23FN2O2/c1-14(2)13-18(23-20(25)16-7-9-17(22)10-8-16)21(26)24-12-11-15-5-3-4-6-19(15)24/h3-10,14,18H,11-13H2,1-2H3,(H,23,25)/t18-/m1/s1. The summed E-state index contributed by atoms with van der Waals surface area (Å²) < 4.78 is 13.1. The third kappa shape index (κ3) is 3.93. The molecule has 2 amide bonds. The van der Waals surface area contributed by atoms with Gasteiger partial charge in [0.25, 0.3) is 5.91 Å². The predicted molar refractivity (Wildman–Crippen MR) is 99.6 cm³/mol. The predicted octanol–water partition coefficient (Wildman–Crippen LogP) is 3.56. The van der Waals surface area contributed by atoms with Crippen LogP contribution >= 0.6 is 0 Å². The number of hydrogen-bond acceptors (Lipinski definition) is 2. The van der Waals surface area contributed by atoms with Crippen molar-refractivity contribution < 1.29 is 14.0 Å². The number of fused-ring (bicyclic) bond motifs is 1. The Morgan fingerprint density at radius 3 is 2.50 bits per heavy atom. The van der Waals surface area contributed by atoms with Crippen molar-refractivity contribution in [3.63, 3.8) is 0 Å². The Balaban J connectivity index is 1.78. The molecule has 136 valence electrons. The largest absolute Gasteiger partial charge is 0.340 e. The first kappa shape index (κ1) is 18.1. The number of carbonyl (C=O) groups is 2. The van der Waals surface area contributed by atoms with E-state index in [0.717, 1.165) is 17.7 Å². The summed E-state index contributed by atoms with van der Waals surface area (Å²) in [4.78, 5) is 27.4. The molecule has 1 aliphatic heterocycles. The molecule has 0 aromatic heterocycles. The van der Waals surface area contributed by atoms with Crippen LogP contribution < -0.4 is 10.2 Å². The Hall–Kier alpha value is -2.69. The molecular weight excluding hydrogens is 331 g/mol. The highest BCUT2D eigenvalue weighted by Gasteiger charge is 2.31. The maximum Gasteiger partial charge on any atom is 0.251 e. The Kier molecular flexibility index (Phi) is 5.35. The van der Waals surface area contributed by atoms with E-state index >= 15 is 0 Å². The van der Waals surface area contributed by atoms with Crippen molar-refractivity contribution in [2.45, 2.75) is 32.7 Å². The molecule has 0 saturated carbocycles. The number of benzene rings is 2. The van der Waals surface area contributed by atoms with Crippen LogP contribution in [0.15, 0.2) is 48.5 Å². The van der Waals surface area contributed by atoms with Gasteiger partial charge in [0.1, 0.15) is 11.9 Å². The fraction of sp³-hybridized carbons (Fsp3) is 0.333.